The summed E-state index contributed by atoms with van der Waals surface area (Å²) < 4.78 is 7.17. The fraction of sp³-hybridized carbons (Fsp3) is 0.105. The van der Waals surface area contributed by atoms with Gasteiger partial charge in [-0.1, -0.05) is 30.0 Å². The smallest absolute Gasteiger partial charge is 0.298 e. The first-order chi connectivity index (χ1) is 12.7. The van der Waals surface area contributed by atoms with Crippen molar-refractivity contribution in [3.8, 4) is 0 Å². The van der Waals surface area contributed by atoms with Crippen molar-refractivity contribution in [3.05, 3.63) is 71.3 Å². The van der Waals surface area contributed by atoms with E-state index in [1.807, 2.05) is 18.2 Å². The van der Waals surface area contributed by atoms with Crippen LogP contribution in [0.1, 0.15) is 10.5 Å². The molecule has 6 nitrogen and oxygen atoms in total. The van der Waals surface area contributed by atoms with Gasteiger partial charge < -0.3 is 9.40 Å². The summed E-state index contributed by atoms with van der Waals surface area (Å²) in [5.74, 6) is 0.113. The summed E-state index contributed by atoms with van der Waals surface area (Å²) in [5, 5.41) is 1.25. The maximum absolute atomic E-state index is 12.9. The molecular formula is C19H15N3O3S. The molecule has 0 bridgehead atoms. The second-order valence-corrected chi connectivity index (χ2v) is 6.61. The minimum absolute atomic E-state index is 0.0587. The molecule has 0 aliphatic heterocycles. The number of carbonyl (C=O) groups is 1. The maximum Gasteiger partial charge on any atom is 0.298 e. The molecule has 4 rings (SSSR count). The van der Waals surface area contributed by atoms with Gasteiger partial charge in [-0.3, -0.25) is 14.2 Å². The Kier molecular flexibility index (Phi) is 4.22. The molecule has 1 N–H and O–H groups in total. The van der Waals surface area contributed by atoms with E-state index in [0.29, 0.717) is 22.0 Å². The number of H-pyrrole nitrogens is 1. The quantitative estimate of drug-likeness (QED) is 0.244. The minimum Gasteiger partial charge on any atom is -0.448 e. The summed E-state index contributed by atoms with van der Waals surface area (Å²) in [4.78, 5) is 32.6. The van der Waals surface area contributed by atoms with Gasteiger partial charge in [-0.15, -0.1) is 6.58 Å². The first kappa shape index (κ1) is 16.4. The summed E-state index contributed by atoms with van der Waals surface area (Å²) in [7, 11) is 0. The highest BCUT2D eigenvalue weighted by Crippen LogP contribution is 2.27. The van der Waals surface area contributed by atoms with Crippen LogP contribution in [0.15, 0.2) is 69.6 Å². The number of nitrogens with one attached hydrogen (secondary N) is 1. The summed E-state index contributed by atoms with van der Waals surface area (Å²) in [6.45, 7) is 3.99. The first-order valence-corrected chi connectivity index (χ1v) is 9.00. The molecule has 3 aromatic heterocycles. The van der Waals surface area contributed by atoms with Gasteiger partial charge in [0.15, 0.2) is 10.9 Å². The number of benzene rings is 1. The second kappa shape index (κ2) is 6.68. The Morgan fingerprint density at radius 3 is 2.92 bits per heavy atom. The van der Waals surface area contributed by atoms with Gasteiger partial charge in [-0.25, -0.2) is 4.98 Å². The molecule has 0 atom stereocenters. The van der Waals surface area contributed by atoms with Gasteiger partial charge in [-0.2, -0.15) is 0 Å². The SMILES string of the molecule is C=CCn1c(SCC(=O)c2ccc[nH]2)nc2c(oc3ccccc32)c1=O. The number of hydrogen-bond donors (Lipinski definition) is 1. The van der Waals surface area contributed by atoms with E-state index in [4.69, 9.17) is 4.42 Å². The molecule has 0 radical (unpaired) electrons. The third kappa shape index (κ3) is 2.76. The lowest BCUT2D eigenvalue weighted by Crippen LogP contribution is -2.22. The van der Waals surface area contributed by atoms with Gasteiger partial charge in [-0.05, 0) is 24.3 Å². The van der Waals surface area contributed by atoms with E-state index in [9.17, 15) is 9.59 Å². The monoisotopic (exact) mass is 365 g/mol. The molecule has 1 aromatic carbocycles. The zero-order valence-electron chi connectivity index (χ0n) is 13.8. The number of carbonyl (C=O) groups excluding carboxylic acids is 1. The number of thioether (sulfide) groups is 1. The van der Waals surface area contributed by atoms with E-state index in [-0.39, 0.29) is 29.2 Å². The van der Waals surface area contributed by atoms with Crippen molar-refractivity contribution >= 4 is 39.6 Å². The summed E-state index contributed by atoms with van der Waals surface area (Å²) in [6.07, 6.45) is 3.32. The topological polar surface area (TPSA) is 80.9 Å². The number of para-hydroxylation sites is 1. The zero-order valence-corrected chi connectivity index (χ0v) is 14.6. The van der Waals surface area contributed by atoms with Gasteiger partial charge >= 0.3 is 0 Å². The largest absolute Gasteiger partial charge is 0.448 e. The van der Waals surface area contributed by atoms with Crippen molar-refractivity contribution in [2.75, 3.05) is 5.75 Å². The highest BCUT2D eigenvalue weighted by Gasteiger charge is 2.18. The molecule has 0 fully saturated rings. The van der Waals surface area contributed by atoms with Crippen LogP contribution in [-0.4, -0.2) is 26.1 Å². The number of allylic oxidation sites excluding steroid dienone is 1. The molecule has 0 aliphatic carbocycles. The van der Waals surface area contributed by atoms with E-state index < -0.39 is 0 Å². The molecule has 0 amide bonds. The number of fused-ring (bicyclic) bond motifs is 3. The van der Waals surface area contributed by atoms with Crippen LogP contribution in [0, 0.1) is 0 Å². The van der Waals surface area contributed by atoms with Gasteiger partial charge in [0.2, 0.25) is 5.58 Å². The number of Topliss-reactive ketones (excluding diaryl/α,β-unsaturated/α-hetero) is 1. The summed E-state index contributed by atoms with van der Waals surface area (Å²) in [6, 6.07) is 10.9. The number of aromatic amines is 1. The van der Waals surface area contributed by atoms with Crippen LogP contribution < -0.4 is 5.56 Å². The highest BCUT2D eigenvalue weighted by atomic mass is 32.2. The normalized spacial score (nSPS) is 11.2. The molecule has 0 saturated carbocycles. The number of furan rings is 1. The fourth-order valence-electron chi connectivity index (χ4n) is 2.77. The Labute approximate surface area is 152 Å². The Bertz CT molecular complexity index is 1170. The van der Waals surface area contributed by atoms with Crippen molar-refractivity contribution in [2.24, 2.45) is 0 Å². The van der Waals surface area contributed by atoms with Crippen molar-refractivity contribution in [1.29, 1.82) is 0 Å². The van der Waals surface area contributed by atoms with Crippen molar-refractivity contribution < 1.29 is 9.21 Å². The van der Waals surface area contributed by atoms with Crippen LogP contribution in [0.2, 0.25) is 0 Å². The van der Waals surface area contributed by atoms with E-state index in [0.717, 1.165) is 5.39 Å². The van der Waals surface area contributed by atoms with Crippen molar-refractivity contribution in [3.63, 3.8) is 0 Å². The Morgan fingerprint density at radius 2 is 2.15 bits per heavy atom. The molecule has 0 aliphatic rings. The average Bonchev–Trinajstić information content (AvgIpc) is 3.30. The maximum atomic E-state index is 12.9. The van der Waals surface area contributed by atoms with Gasteiger partial charge in [0.25, 0.3) is 5.56 Å². The van der Waals surface area contributed by atoms with E-state index in [1.165, 1.54) is 16.3 Å². The predicted octanol–water partition coefficient (Wildman–Crippen LogP) is 3.63. The fourth-order valence-corrected chi connectivity index (χ4v) is 3.65. The molecule has 3 heterocycles. The second-order valence-electron chi connectivity index (χ2n) is 5.67. The Balaban J connectivity index is 1.80. The lowest BCUT2D eigenvalue weighted by atomic mass is 10.2. The molecule has 130 valence electrons. The number of ketones is 1. The van der Waals surface area contributed by atoms with E-state index in [1.54, 1.807) is 30.5 Å². The third-order valence-corrected chi connectivity index (χ3v) is 4.97. The predicted molar refractivity (Wildman–Crippen MR) is 102 cm³/mol. The third-order valence-electron chi connectivity index (χ3n) is 3.99. The minimum atomic E-state index is -0.277. The van der Waals surface area contributed by atoms with Crippen molar-refractivity contribution in [1.82, 2.24) is 14.5 Å². The van der Waals surface area contributed by atoms with E-state index >= 15 is 0 Å². The van der Waals surface area contributed by atoms with Gasteiger partial charge in [0.1, 0.15) is 11.1 Å². The number of rotatable bonds is 6. The summed E-state index contributed by atoms with van der Waals surface area (Å²) in [5.41, 5.74) is 1.60. The van der Waals surface area contributed by atoms with Crippen LogP contribution in [0.5, 0.6) is 0 Å². The van der Waals surface area contributed by atoms with Gasteiger partial charge in [0, 0.05) is 18.1 Å². The van der Waals surface area contributed by atoms with Crippen LogP contribution in [0.4, 0.5) is 0 Å². The Morgan fingerprint density at radius 1 is 1.31 bits per heavy atom. The molecule has 0 spiro atoms. The Hall–Kier alpha value is -3.06. The lowest BCUT2D eigenvalue weighted by Gasteiger charge is -2.09. The van der Waals surface area contributed by atoms with Crippen LogP contribution in [-0.2, 0) is 6.54 Å². The lowest BCUT2D eigenvalue weighted by molar-refractivity contribution is 0.101. The number of nitrogens with zero attached hydrogens (tertiary/aromatic N) is 2. The first-order valence-electron chi connectivity index (χ1n) is 8.01. The summed E-state index contributed by atoms with van der Waals surface area (Å²) >= 11 is 1.23. The molecule has 0 unspecified atom stereocenters. The molecule has 7 heteroatoms. The number of aromatic nitrogens is 3. The van der Waals surface area contributed by atoms with E-state index in [2.05, 4.69) is 16.5 Å². The average molecular weight is 365 g/mol. The van der Waals surface area contributed by atoms with Gasteiger partial charge in [0.05, 0.1) is 11.4 Å². The van der Waals surface area contributed by atoms with Crippen LogP contribution >= 0.6 is 11.8 Å². The molecule has 26 heavy (non-hydrogen) atoms. The molecule has 4 aromatic rings. The van der Waals surface area contributed by atoms with Crippen LogP contribution in [0.3, 0.4) is 0 Å². The molecular weight excluding hydrogens is 350 g/mol. The highest BCUT2D eigenvalue weighted by molar-refractivity contribution is 7.99. The van der Waals surface area contributed by atoms with Crippen LogP contribution in [0.25, 0.3) is 22.1 Å². The zero-order chi connectivity index (χ0) is 18.1. The number of hydrogen-bond acceptors (Lipinski definition) is 5. The standard InChI is InChI=1S/C19H15N3O3S/c1-2-10-22-18(24)17-16(12-6-3-4-8-15(12)25-17)21-19(22)26-11-14(23)13-7-5-9-20-13/h2-9,20H,1,10-11H2. The molecule has 0 saturated heterocycles. The van der Waals surface area contributed by atoms with Crippen molar-refractivity contribution in [2.45, 2.75) is 11.7 Å².